The van der Waals surface area contributed by atoms with Crippen molar-refractivity contribution in [1.29, 1.82) is 0 Å². The van der Waals surface area contributed by atoms with Gasteiger partial charge < -0.3 is 14.6 Å². The summed E-state index contributed by atoms with van der Waals surface area (Å²) in [5.41, 5.74) is 1.04. The van der Waals surface area contributed by atoms with Crippen LogP contribution >= 0.6 is 39.0 Å². The first-order valence-corrected chi connectivity index (χ1v) is 13.1. The second-order valence-corrected chi connectivity index (χ2v) is 10.2. The van der Waals surface area contributed by atoms with E-state index >= 15 is 0 Å². The van der Waals surface area contributed by atoms with Crippen LogP contribution in [0.25, 0.3) is 10.2 Å². The first-order chi connectivity index (χ1) is 14.6. The molecule has 0 saturated heterocycles. The molecule has 2 aromatic rings. The minimum absolute atomic E-state index is 0.0122. The molecule has 0 bridgehead atoms. The van der Waals surface area contributed by atoms with Gasteiger partial charge in [-0.05, 0) is 38.0 Å². The number of amides is 2. The van der Waals surface area contributed by atoms with Crippen molar-refractivity contribution in [3.8, 4) is 0 Å². The van der Waals surface area contributed by atoms with Gasteiger partial charge in [0.1, 0.15) is 0 Å². The number of rotatable bonds is 9. The number of nitrogens with zero attached hydrogens (tertiary/aromatic N) is 2. The largest absolute Gasteiger partial charge is 0.380 e. The molecule has 6 nitrogen and oxygen atoms in total. The molecular formula is C21H28BrN3O3S2. The molecule has 0 atom stereocenters. The van der Waals surface area contributed by atoms with Gasteiger partial charge in [-0.15, -0.1) is 11.8 Å². The number of carbonyl (C=O) groups is 2. The molecule has 1 fully saturated rings. The average molecular weight is 515 g/mol. The van der Waals surface area contributed by atoms with E-state index in [1.807, 2.05) is 29.7 Å². The van der Waals surface area contributed by atoms with Gasteiger partial charge in [0.05, 0.1) is 28.3 Å². The Morgan fingerprint density at radius 3 is 2.87 bits per heavy atom. The molecule has 1 saturated carbocycles. The van der Waals surface area contributed by atoms with Crippen LogP contribution in [0.1, 0.15) is 39.0 Å². The van der Waals surface area contributed by atoms with E-state index in [2.05, 4.69) is 26.2 Å². The molecule has 1 aromatic heterocycles. The molecular weight excluding hydrogens is 486 g/mol. The maximum atomic E-state index is 12.4. The second-order valence-electron chi connectivity index (χ2n) is 7.25. The van der Waals surface area contributed by atoms with Crippen LogP contribution in [0.4, 0.5) is 0 Å². The number of hydrogen-bond donors (Lipinski definition) is 1. The summed E-state index contributed by atoms with van der Waals surface area (Å²) in [6.45, 7) is 3.82. The third kappa shape index (κ3) is 6.93. The number of nitrogens with one attached hydrogen (secondary N) is 1. The average Bonchev–Trinajstić information content (AvgIpc) is 3.05. The fraction of sp³-hybridized carbons (Fsp3) is 0.571. The normalized spacial score (nSPS) is 15.6. The van der Waals surface area contributed by atoms with Gasteiger partial charge in [-0.1, -0.05) is 46.5 Å². The van der Waals surface area contributed by atoms with E-state index in [0.29, 0.717) is 36.4 Å². The van der Waals surface area contributed by atoms with Crippen LogP contribution in [0.5, 0.6) is 0 Å². The molecule has 1 aromatic carbocycles. The van der Waals surface area contributed by atoms with Crippen molar-refractivity contribution in [1.82, 2.24) is 9.88 Å². The Balaban J connectivity index is 1.60. The quantitative estimate of drug-likeness (QED) is 0.512. The minimum Gasteiger partial charge on any atom is -0.380 e. The van der Waals surface area contributed by atoms with Crippen molar-refractivity contribution in [3.63, 3.8) is 0 Å². The molecule has 1 N–H and O–H groups in total. The van der Waals surface area contributed by atoms with Crippen LogP contribution in [-0.2, 0) is 20.9 Å². The summed E-state index contributed by atoms with van der Waals surface area (Å²) in [5.74, 6) is 0.280. The van der Waals surface area contributed by atoms with E-state index in [-0.39, 0.29) is 17.6 Å². The summed E-state index contributed by atoms with van der Waals surface area (Å²) in [6, 6.07) is 6.34. The van der Waals surface area contributed by atoms with Crippen LogP contribution in [-0.4, -0.2) is 47.1 Å². The monoisotopic (exact) mass is 513 g/mol. The molecule has 164 valence electrons. The molecule has 0 spiro atoms. The van der Waals surface area contributed by atoms with Gasteiger partial charge in [0.15, 0.2) is 4.80 Å². The Morgan fingerprint density at radius 2 is 2.10 bits per heavy atom. The molecule has 3 rings (SSSR count). The SMILES string of the molecule is CCOCCn1c(=NC(=O)CSCC(=O)NC2CCCCC2)sc2cc(Br)ccc21. The minimum atomic E-state index is -0.221. The highest BCUT2D eigenvalue weighted by atomic mass is 79.9. The Morgan fingerprint density at radius 1 is 1.30 bits per heavy atom. The van der Waals surface area contributed by atoms with E-state index < -0.39 is 0 Å². The highest BCUT2D eigenvalue weighted by molar-refractivity contribution is 9.10. The molecule has 9 heteroatoms. The van der Waals surface area contributed by atoms with E-state index in [1.165, 1.54) is 42.4 Å². The number of hydrogen-bond acceptors (Lipinski definition) is 5. The Hall–Kier alpha value is -1.16. The van der Waals surface area contributed by atoms with E-state index in [1.54, 1.807) is 0 Å². The zero-order chi connectivity index (χ0) is 21.3. The van der Waals surface area contributed by atoms with Gasteiger partial charge in [0.2, 0.25) is 5.91 Å². The lowest BCUT2D eigenvalue weighted by molar-refractivity contribution is -0.119. The summed E-state index contributed by atoms with van der Waals surface area (Å²) >= 11 is 6.31. The van der Waals surface area contributed by atoms with Crippen LogP contribution in [0.3, 0.4) is 0 Å². The van der Waals surface area contributed by atoms with Crippen molar-refractivity contribution in [2.75, 3.05) is 24.7 Å². The second kappa shape index (κ2) is 12.0. The summed E-state index contributed by atoms with van der Waals surface area (Å²) in [6.07, 6.45) is 5.76. The number of ether oxygens (including phenoxy) is 1. The van der Waals surface area contributed by atoms with Crippen molar-refractivity contribution in [2.45, 2.75) is 51.6 Å². The van der Waals surface area contributed by atoms with E-state index in [9.17, 15) is 9.59 Å². The van der Waals surface area contributed by atoms with Gasteiger partial charge in [0.25, 0.3) is 5.91 Å². The Bertz CT molecular complexity index is 935. The van der Waals surface area contributed by atoms with Gasteiger partial charge >= 0.3 is 0 Å². The lowest BCUT2D eigenvalue weighted by Gasteiger charge is -2.22. The van der Waals surface area contributed by atoms with Crippen molar-refractivity contribution in [3.05, 3.63) is 27.5 Å². The lowest BCUT2D eigenvalue weighted by atomic mass is 9.95. The van der Waals surface area contributed by atoms with Crippen molar-refractivity contribution in [2.24, 2.45) is 4.99 Å². The highest BCUT2D eigenvalue weighted by Gasteiger charge is 2.16. The topological polar surface area (TPSA) is 72.7 Å². The maximum absolute atomic E-state index is 12.4. The molecule has 1 aliphatic carbocycles. The van der Waals surface area contributed by atoms with E-state index in [0.717, 1.165) is 27.5 Å². The van der Waals surface area contributed by atoms with Gasteiger partial charge in [0, 0.05) is 23.7 Å². The van der Waals surface area contributed by atoms with Gasteiger partial charge in [-0.3, -0.25) is 9.59 Å². The fourth-order valence-corrected chi connectivity index (χ4v) is 5.77. The third-order valence-electron chi connectivity index (χ3n) is 4.96. The van der Waals surface area contributed by atoms with Crippen LogP contribution in [0.2, 0.25) is 0 Å². The Kier molecular flexibility index (Phi) is 9.42. The predicted molar refractivity (Wildman–Crippen MR) is 127 cm³/mol. The molecule has 2 amide bonds. The summed E-state index contributed by atoms with van der Waals surface area (Å²) < 4.78 is 9.57. The first kappa shape index (κ1) is 23.5. The number of aromatic nitrogens is 1. The van der Waals surface area contributed by atoms with Gasteiger partial charge in [-0.25, -0.2) is 0 Å². The number of benzene rings is 1. The number of fused-ring (bicyclic) bond motifs is 1. The summed E-state index contributed by atoms with van der Waals surface area (Å²) in [5, 5.41) is 3.08. The van der Waals surface area contributed by atoms with Crippen LogP contribution < -0.4 is 10.1 Å². The molecule has 1 aliphatic rings. The van der Waals surface area contributed by atoms with E-state index in [4.69, 9.17) is 4.74 Å². The third-order valence-corrected chi connectivity index (χ3v) is 7.41. The molecule has 0 radical (unpaired) electrons. The zero-order valence-corrected chi connectivity index (χ0v) is 20.4. The summed E-state index contributed by atoms with van der Waals surface area (Å²) in [4.78, 5) is 29.6. The molecule has 0 unspecified atom stereocenters. The van der Waals surface area contributed by atoms with Crippen molar-refractivity contribution < 1.29 is 14.3 Å². The van der Waals surface area contributed by atoms with Gasteiger partial charge in [-0.2, -0.15) is 4.99 Å². The highest BCUT2D eigenvalue weighted by Crippen LogP contribution is 2.22. The molecule has 0 aliphatic heterocycles. The summed E-state index contributed by atoms with van der Waals surface area (Å²) in [7, 11) is 0. The first-order valence-electron chi connectivity index (χ1n) is 10.4. The molecule has 1 heterocycles. The maximum Gasteiger partial charge on any atom is 0.258 e. The number of thiazole rings is 1. The number of thioether (sulfide) groups is 1. The van der Waals surface area contributed by atoms with Crippen molar-refractivity contribution >= 4 is 61.1 Å². The smallest absolute Gasteiger partial charge is 0.258 e. The zero-order valence-electron chi connectivity index (χ0n) is 17.2. The number of halogens is 1. The van der Waals surface area contributed by atoms with Crippen LogP contribution in [0, 0.1) is 0 Å². The Labute approximate surface area is 193 Å². The predicted octanol–water partition coefficient (Wildman–Crippen LogP) is 4.11. The fourth-order valence-electron chi connectivity index (χ4n) is 3.53. The standard InChI is InChI=1S/C21H28BrN3O3S2/c1-2-28-11-10-25-17-9-8-15(22)12-18(17)30-21(25)24-20(27)14-29-13-19(26)23-16-6-4-3-5-7-16/h8-9,12,16H,2-7,10-11,13-14H2,1H3,(H,23,26). The molecule has 30 heavy (non-hydrogen) atoms. The lowest BCUT2D eigenvalue weighted by Crippen LogP contribution is -2.37. The van der Waals surface area contributed by atoms with Crippen LogP contribution in [0.15, 0.2) is 27.7 Å². The number of carbonyl (C=O) groups excluding carboxylic acids is 2.